The van der Waals surface area contributed by atoms with Crippen molar-refractivity contribution in [1.29, 1.82) is 0 Å². The first-order valence-electron chi connectivity index (χ1n) is 5.34. The fraction of sp³-hybridized carbons (Fsp3) is 0.364. The normalized spacial score (nSPS) is 10.4. The topological polar surface area (TPSA) is 126 Å². The summed E-state index contributed by atoms with van der Waals surface area (Å²) in [5.74, 6) is -1.47. The molecule has 0 radical (unpaired) electrons. The Labute approximate surface area is 104 Å². The monoisotopic (exact) mass is 253 g/mol. The Bertz CT molecular complexity index is 415. The van der Waals surface area contributed by atoms with Gasteiger partial charge in [0.25, 0.3) is 5.91 Å². The molecule has 18 heavy (non-hydrogen) atoms. The van der Waals surface area contributed by atoms with E-state index in [0.29, 0.717) is 0 Å². The maximum atomic E-state index is 11.6. The molecule has 1 rings (SSSR count). The van der Waals surface area contributed by atoms with Crippen LogP contribution >= 0.6 is 0 Å². The number of aliphatic hydroxyl groups excluding tert-OH is 2. The maximum absolute atomic E-state index is 11.6. The largest absolute Gasteiger partial charge is 0.396 e. The third-order valence-corrected chi connectivity index (χ3v) is 2.35. The molecule has 0 unspecified atom stereocenters. The SMILES string of the molecule is NC(=O)c1ccc(C(=O)NCC(CO)CO)nc1. The van der Waals surface area contributed by atoms with E-state index in [9.17, 15) is 9.59 Å². The molecule has 7 heteroatoms. The van der Waals surface area contributed by atoms with Crippen LogP contribution < -0.4 is 11.1 Å². The van der Waals surface area contributed by atoms with Crippen molar-refractivity contribution in [1.82, 2.24) is 10.3 Å². The molecule has 1 heterocycles. The molecule has 0 aliphatic rings. The van der Waals surface area contributed by atoms with Gasteiger partial charge in [0.05, 0.1) is 5.56 Å². The molecule has 1 aromatic heterocycles. The Balaban J connectivity index is 2.59. The van der Waals surface area contributed by atoms with E-state index in [1.165, 1.54) is 18.3 Å². The Morgan fingerprint density at radius 1 is 1.33 bits per heavy atom. The van der Waals surface area contributed by atoms with Gasteiger partial charge >= 0.3 is 0 Å². The zero-order valence-corrected chi connectivity index (χ0v) is 9.67. The zero-order valence-electron chi connectivity index (χ0n) is 9.67. The van der Waals surface area contributed by atoms with Gasteiger partial charge in [-0.05, 0) is 12.1 Å². The van der Waals surface area contributed by atoms with E-state index in [0.717, 1.165) is 0 Å². The highest BCUT2D eigenvalue weighted by molar-refractivity contribution is 5.95. The van der Waals surface area contributed by atoms with Crippen molar-refractivity contribution in [2.24, 2.45) is 11.7 Å². The standard InChI is InChI=1S/C11H15N3O4/c12-10(17)8-1-2-9(13-4-8)11(18)14-3-7(5-15)6-16/h1-2,4,7,15-16H,3,5-6H2,(H2,12,17)(H,14,18). The van der Waals surface area contributed by atoms with Gasteiger partial charge in [0.2, 0.25) is 5.91 Å². The number of primary amides is 1. The number of pyridine rings is 1. The minimum atomic E-state index is -0.616. The van der Waals surface area contributed by atoms with Gasteiger partial charge in [-0.3, -0.25) is 14.6 Å². The van der Waals surface area contributed by atoms with E-state index in [1.807, 2.05) is 0 Å². The summed E-state index contributed by atoms with van der Waals surface area (Å²) >= 11 is 0. The molecule has 0 atom stereocenters. The van der Waals surface area contributed by atoms with Crippen LogP contribution in [0.5, 0.6) is 0 Å². The third-order valence-electron chi connectivity index (χ3n) is 2.35. The summed E-state index contributed by atoms with van der Waals surface area (Å²) in [6, 6.07) is 2.78. The molecular weight excluding hydrogens is 238 g/mol. The second kappa shape index (κ2) is 6.67. The van der Waals surface area contributed by atoms with Crippen molar-refractivity contribution in [3.05, 3.63) is 29.6 Å². The van der Waals surface area contributed by atoms with Crippen LogP contribution in [0.4, 0.5) is 0 Å². The van der Waals surface area contributed by atoms with E-state index in [2.05, 4.69) is 10.3 Å². The Morgan fingerprint density at radius 2 is 2.00 bits per heavy atom. The van der Waals surface area contributed by atoms with Crippen molar-refractivity contribution >= 4 is 11.8 Å². The molecule has 98 valence electrons. The highest BCUT2D eigenvalue weighted by atomic mass is 16.3. The van der Waals surface area contributed by atoms with Crippen molar-refractivity contribution in [3.8, 4) is 0 Å². The quantitative estimate of drug-likeness (QED) is 0.491. The van der Waals surface area contributed by atoms with Gasteiger partial charge in [-0.2, -0.15) is 0 Å². The fourth-order valence-corrected chi connectivity index (χ4v) is 1.19. The van der Waals surface area contributed by atoms with Crippen LogP contribution in [0.3, 0.4) is 0 Å². The lowest BCUT2D eigenvalue weighted by molar-refractivity contribution is 0.0914. The van der Waals surface area contributed by atoms with Crippen LogP contribution in [-0.4, -0.2) is 46.8 Å². The number of amides is 2. The third kappa shape index (κ3) is 3.79. The second-order valence-corrected chi connectivity index (χ2v) is 3.74. The number of hydrogen-bond donors (Lipinski definition) is 4. The number of nitrogens with two attached hydrogens (primary N) is 1. The molecule has 0 spiro atoms. The second-order valence-electron chi connectivity index (χ2n) is 3.74. The van der Waals surface area contributed by atoms with Gasteiger partial charge in [0.15, 0.2) is 0 Å². The van der Waals surface area contributed by atoms with Crippen LogP contribution in [0.2, 0.25) is 0 Å². The first kappa shape index (κ1) is 14.1. The molecule has 0 aliphatic carbocycles. The Hall–Kier alpha value is -1.99. The van der Waals surface area contributed by atoms with Crippen molar-refractivity contribution in [2.75, 3.05) is 19.8 Å². The van der Waals surface area contributed by atoms with Crippen LogP contribution in [0.25, 0.3) is 0 Å². The lowest BCUT2D eigenvalue weighted by atomic mass is 10.2. The molecule has 0 aromatic carbocycles. The van der Waals surface area contributed by atoms with Crippen LogP contribution in [-0.2, 0) is 0 Å². The number of hydrogen-bond acceptors (Lipinski definition) is 5. The van der Waals surface area contributed by atoms with E-state index in [1.54, 1.807) is 0 Å². The molecule has 0 aliphatic heterocycles. The number of carbonyl (C=O) groups is 2. The molecule has 7 nitrogen and oxygen atoms in total. The molecule has 0 saturated carbocycles. The maximum Gasteiger partial charge on any atom is 0.269 e. The zero-order chi connectivity index (χ0) is 13.5. The van der Waals surface area contributed by atoms with Crippen molar-refractivity contribution < 1.29 is 19.8 Å². The Kier molecular flexibility index (Phi) is 5.22. The van der Waals surface area contributed by atoms with Gasteiger partial charge in [0, 0.05) is 31.9 Å². The average molecular weight is 253 g/mol. The predicted molar refractivity (Wildman–Crippen MR) is 62.7 cm³/mol. The number of rotatable bonds is 6. The number of carbonyl (C=O) groups excluding carboxylic acids is 2. The summed E-state index contributed by atoms with van der Waals surface area (Å²) in [6.07, 6.45) is 1.22. The first-order chi connectivity index (χ1) is 8.58. The molecular formula is C11H15N3O4. The molecule has 1 aromatic rings. The lowest BCUT2D eigenvalue weighted by Gasteiger charge is -2.11. The molecule has 2 amide bonds. The van der Waals surface area contributed by atoms with Crippen LogP contribution in [0.15, 0.2) is 18.3 Å². The van der Waals surface area contributed by atoms with E-state index < -0.39 is 17.7 Å². The minimum Gasteiger partial charge on any atom is -0.396 e. The summed E-state index contributed by atoms with van der Waals surface area (Å²) < 4.78 is 0. The average Bonchev–Trinajstić information content (AvgIpc) is 2.39. The smallest absolute Gasteiger partial charge is 0.269 e. The summed E-state index contributed by atoms with van der Waals surface area (Å²) in [5, 5.41) is 20.2. The van der Waals surface area contributed by atoms with Crippen LogP contribution in [0, 0.1) is 5.92 Å². The van der Waals surface area contributed by atoms with Crippen molar-refractivity contribution in [3.63, 3.8) is 0 Å². The van der Waals surface area contributed by atoms with Crippen LogP contribution in [0.1, 0.15) is 20.8 Å². The molecule has 5 N–H and O–H groups in total. The van der Waals surface area contributed by atoms with Gasteiger partial charge < -0.3 is 21.3 Å². The molecule has 0 bridgehead atoms. The first-order valence-corrected chi connectivity index (χ1v) is 5.34. The van der Waals surface area contributed by atoms with E-state index in [4.69, 9.17) is 15.9 Å². The molecule has 0 saturated heterocycles. The van der Waals surface area contributed by atoms with Gasteiger partial charge in [-0.1, -0.05) is 0 Å². The summed E-state index contributed by atoms with van der Waals surface area (Å²) in [6.45, 7) is -0.291. The minimum absolute atomic E-state index is 0.134. The van der Waals surface area contributed by atoms with E-state index in [-0.39, 0.29) is 31.0 Å². The van der Waals surface area contributed by atoms with Gasteiger partial charge in [-0.15, -0.1) is 0 Å². The molecule has 0 fully saturated rings. The highest BCUT2D eigenvalue weighted by Gasteiger charge is 2.11. The summed E-state index contributed by atoms with van der Waals surface area (Å²) in [5.41, 5.74) is 5.39. The predicted octanol–water partition coefficient (Wildman–Crippen LogP) is -1.49. The van der Waals surface area contributed by atoms with E-state index >= 15 is 0 Å². The number of aromatic nitrogens is 1. The lowest BCUT2D eigenvalue weighted by Crippen LogP contribution is -2.32. The Morgan fingerprint density at radius 3 is 2.44 bits per heavy atom. The summed E-state index contributed by atoms with van der Waals surface area (Å²) in [7, 11) is 0. The fourth-order valence-electron chi connectivity index (χ4n) is 1.19. The highest BCUT2D eigenvalue weighted by Crippen LogP contribution is 2.00. The van der Waals surface area contributed by atoms with Gasteiger partial charge in [0.1, 0.15) is 5.69 Å². The summed E-state index contributed by atoms with van der Waals surface area (Å²) in [4.78, 5) is 26.2. The number of nitrogens with one attached hydrogen (secondary N) is 1. The number of nitrogens with zero attached hydrogens (tertiary/aromatic N) is 1. The van der Waals surface area contributed by atoms with Gasteiger partial charge in [-0.25, -0.2) is 0 Å². The van der Waals surface area contributed by atoms with Crippen molar-refractivity contribution in [2.45, 2.75) is 0 Å². The number of aliphatic hydroxyl groups is 2.